The van der Waals surface area contributed by atoms with E-state index in [9.17, 15) is 4.39 Å². The van der Waals surface area contributed by atoms with Crippen LogP contribution in [0.1, 0.15) is 0 Å². The molecule has 1 aromatic heterocycles. The molecule has 0 aliphatic carbocycles. The van der Waals surface area contributed by atoms with Gasteiger partial charge in [0.15, 0.2) is 0 Å². The van der Waals surface area contributed by atoms with Crippen LogP contribution in [0.2, 0.25) is 0 Å². The second-order valence-corrected chi connectivity index (χ2v) is 4.16. The van der Waals surface area contributed by atoms with Gasteiger partial charge in [-0.3, -0.25) is 4.98 Å². The van der Waals surface area contributed by atoms with Gasteiger partial charge in [0.1, 0.15) is 5.82 Å². The summed E-state index contributed by atoms with van der Waals surface area (Å²) in [6.45, 7) is 0. The Labute approximate surface area is 130 Å². The molecule has 0 radical (unpaired) electrons. The molecule has 0 bridgehead atoms. The van der Waals surface area contributed by atoms with Crippen LogP contribution >= 0.6 is 0 Å². The molecule has 0 aliphatic heterocycles. The molecule has 100 valence electrons. The quantitative estimate of drug-likeness (QED) is 0.608. The summed E-state index contributed by atoms with van der Waals surface area (Å²) in [5, 5.41) is 5.03. The molecule has 20 heavy (non-hydrogen) atoms. The largest absolute Gasteiger partial charge is 0.468 e. The first kappa shape index (κ1) is 14.6. The number of rotatable bonds is 2. The number of fused-ring (bicyclic) bond motifs is 1. The molecular weight excluding hydrogens is 425 g/mol. The predicted octanol–water partition coefficient (Wildman–Crippen LogP) is 4.07. The fourth-order valence-corrected chi connectivity index (χ4v) is 2.04. The van der Waals surface area contributed by atoms with Crippen LogP contribution in [0.25, 0.3) is 27.3 Å². The van der Waals surface area contributed by atoms with Crippen molar-refractivity contribution in [2.75, 3.05) is 7.05 Å². The molecular formula is C15H11FN3W-. The molecule has 0 saturated heterocycles. The SMILES string of the molecule is C[N-]c1ncnc2ccc(-c3ccc(F)cc3)cc12.[W]. The fraction of sp³-hybridized carbons (Fsp3) is 0.0667. The third kappa shape index (κ3) is 2.70. The Morgan fingerprint density at radius 1 is 0.950 bits per heavy atom. The van der Waals surface area contributed by atoms with Crippen molar-refractivity contribution in [3.63, 3.8) is 0 Å². The van der Waals surface area contributed by atoms with Crippen LogP contribution in [-0.2, 0) is 21.1 Å². The first-order valence-electron chi connectivity index (χ1n) is 5.88. The predicted molar refractivity (Wildman–Crippen MR) is 73.9 cm³/mol. The molecule has 0 N–H and O–H groups in total. The van der Waals surface area contributed by atoms with Gasteiger partial charge in [0.05, 0.1) is 5.52 Å². The normalized spacial score (nSPS) is 10.1. The van der Waals surface area contributed by atoms with E-state index in [4.69, 9.17) is 0 Å². The Bertz CT molecular complexity index is 729. The zero-order valence-electron chi connectivity index (χ0n) is 10.7. The van der Waals surface area contributed by atoms with Gasteiger partial charge in [-0.1, -0.05) is 31.1 Å². The average Bonchev–Trinajstić information content (AvgIpc) is 2.47. The van der Waals surface area contributed by atoms with Crippen molar-refractivity contribution in [2.45, 2.75) is 0 Å². The molecule has 2 aromatic carbocycles. The number of benzene rings is 2. The third-order valence-corrected chi connectivity index (χ3v) is 3.00. The summed E-state index contributed by atoms with van der Waals surface area (Å²) in [5.41, 5.74) is 2.79. The maximum absolute atomic E-state index is 12.9. The number of hydrogen-bond donors (Lipinski definition) is 0. The summed E-state index contributed by atoms with van der Waals surface area (Å²) in [4.78, 5) is 8.34. The van der Waals surface area contributed by atoms with Crippen LogP contribution in [-0.4, -0.2) is 17.0 Å². The van der Waals surface area contributed by atoms with E-state index < -0.39 is 0 Å². The van der Waals surface area contributed by atoms with Crippen molar-refractivity contribution in [1.82, 2.24) is 9.97 Å². The monoisotopic (exact) mass is 436 g/mol. The zero-order chi connectivity index (χ0) is 13.2. The Morgan fingerprint density at radius 3 is 2.35 bits per heavy atom. The maximum Gasteiger partial charge on any atom is 0.123 e. The van der Waals surface area contributed by atoms with Crippen LogP contribution < -0.4 is 0 Å². The number of aromatic nitrogens is 2. The standard InChI is InChI=1S/C15H11FN3.W/c1-17-15-13-8-11(4-7-14(13)18-9-19-15)10-2-5-12(16)6-3-10;/h2-9H,1H3;/q-1;. The molecule has 3 rings (SSSR count). The fourth-order valence-electron chi connectivity index (χ4n) is 2.04. The van der Waals surface area contributed by atoms with E-state index >= 15 is 0 Å². The van der Waals surface area contributed by atoms with E-state index in [-0.39, 0.29) is 26.9 Å². The first-order valence-corrected chi connectivity index (χ1v) is 5.88. The van der Waals surface area contributed by atoms with E-state index in [1.807, 2.05) is 18.2 Å². The summed E-state index contributed by atoms with van der Waals surface area (Å²) in [5.74, 6) is 0.422. The second kappa shape index (κ2) is 6.10. The van der Waals surface area contributed by atoms with Gasteiger partial charge in [0, 0.05) is 27.4 Å². The molecule has 5 heteroatoms. The van der Waals surface area contributed by atoms with Crippen molar-refractivity contribution in [3.05, 3.63) is 59.9 Å². The smallest absolute Gasteiger partial charge is 0.123 e. The molecule has 0 unspecified atom stereocenters. The van der Waals surface area contributed by atoms with Crippen molar-refractivity contribution >= 4 is 16.7 Å². The first-order chi connectivity index (χ1) is 9.28. The molecule has 0 aliphatic rings. The van der Waals surface area contributed by atoms with Gasteiger partial charge in [-0.2, -0.15) is 0 Å². The summed E-state index contributed by atoms with van der Waals surface area (Å²) < 4.78 is 12.9. The molecule has 0 fully saturated rings. The van der Waals surface area contributed by atoms with Gasteiger partial charge < -0.3 is 10.3 Å². The molecule has 0 saturated carbocycles. The van der Waals surface area contributed by atoms with Gasteiger partial charge in [0.2, 0.25) is 0 Å². The van der Waals surface area contributed by atoms with Gasteiger partial charge in [-0.15, -0.1) is 0 Å². The number of halogens is 1. The summed E-state index contributed by atoms with van der Waals surface area (Å²) >= 11 is 0. The molecule has 3 aromatic rings. The molecule has 0 amide bonds. The third-order valence-electron chi connectivity index (χ3n) is 3.00. The minimum absolute atomic E-state index is 0. The number of hydrogen-bond acceptors (Lipinski definition) is 2. The Kier molecular flexibility index (Phi) is 4.45. The summed E-state index contributed by atoms with van der Waals surface area (Å²) in [6.07, 6.45) is 1.50. The summed E-state index contributed by atoms with van der Waals surface area (Å²) in [7, 11) is 1.70. The molecule has 0 spiro atoms. The van der Waals surface area contributed by atoms with Crippen LogP contribution in [0.15, 0.2) is 48.8 Å². The van der Waals surface area contributed by atoms with Gasteiger partial charge in [-0.05, 0) is 40.8 Å². The summed E-state index contributed by atoms with van der Waals surface area (Å²) in [6, 6.07) is 12.3. The van der Waals surface area contributed by atoms with E-state index in [2.05, 4.69) is 15.3 Å². The van der Waals surface area contributed by atoms with Crippen LogP contribution in [0.4, 0.5) is 10.2 Å². The van der Waals surface area contributed by atoms with Gasteiger partial charge in [-0.25, -0.2) is 4.39 Å². The topological polar surface area (TPSA) is 39.9 Å². The molecule has 3 nitrogen and oxygen atoms in total. The minimum atomic E-state index is -0.239. The van der Waals surface area contributed by atoms with Crippen LogP contribution in [0, 0.1) is 5.82 Å². The van der Waals surface area contributed by atoms with Gasteiger partial charge in [0.25, 0.3) is 0 Å². The number of nitrogens with zero attached hydrogens (tertiary/aromatic N) is 3. The average molecular weight is 436 g/mol. The molecule has 0 atom stereocenters. The molecule has 1 heterocycles. The minimum Gasteiger partial charge on any atom is -0.468 e. The Balaban J connectivity index is 0.00000147. The van der Waals surface area contributed by atoms with E-state index in [0.29, 0.717) is 5.82 Å². The van der Waals surface area contributed by atoms with Crippen molar-refractivity contribution < 1.29 is 25.5 Å². The second-order valence-electron chi connectivity index (χ2n) is 4.16. The Morgan fingerprint density at radius 2 is 1.65 bits per heavy atom. The van der Waals surface area contributed by atoms with Gasteiger partial charge >= 0.3 is 0 Å². The maximum atomic E-state index is 12.9. The Hall–Kier alpha value is -1.80. The van der Waals surface area contributed by atoms with E-state index in [1.165, 1.54) is 18.5 Å². The van der Waals surface area contributed by atoms with Crippen molar-refractivity contribution in [2.24, 2.45) is 0 Å². The van der Waals surface area contributed by atoms with Crippen LogP contribution in [0.5, 0.6) is 0 Å². The van der Waals surface area contributed by atoms with Crippen molar-refractivity contribution in [3.8, 4) is 11.1 Å². The van der Waals surface area contributed by atoms with E-state index in [0.717, 1.165) is 22.0 Å². The zero-order valence-corrected chi connectivity index (χ0v) is 13.7. The van der Waals surface area contributed by atoms with Crippen LogP contribution in [0.3, 0.4) is 0 Å². The van der Waals surface area contributed by atoms with Crippen molar-refractivity contribution in [1.29, 1.82) is 0 Å². The van der Waals surface area contributed by atoms with E-state index in [1.54, 1.807) is 19.2 Å².